The van der Waals surface area contributed by atoms with Crippen LogP contribution in [0.3, 0.4) is 0 Å². The average Bonchev–Trinajstić information content (AvgIpc) is 3.18. The predicted octanol–water partition coefficient (Wildman–Crippen LogP) is 10.2. The Kier molecular flexibility index (Phi) is 35.9. The van der Waals surface area contributed by atoms with Gasteiger partial charge in [-0.2, -0.15) is 0 Å². The maximum atomic E-state index is 12.8. The highest BCUT2D eigenvalue weighted by molar-refractivity contribution is 5.69. The van der Waals surface area contributed by atoms with Gasteiger partial charge in [0.15, 0.2) is 6.29 Å². The molecule has 1 saturated heterocycles. The molecule has 0 bridgehead atoms. The molecule has 1 fully saturated rings. The minimum absolute atomic E-state index is 0.111. The zero-order valence-electron chi connectivity index (χ0n) is 35.4. The molecule has 0 radical (unpaired) electrons. The van der Waals surface area contributed by atoms with Gasteiger partial charge in [0, 0.05) is 13.0 Å². The van der Waals surface area contributed by atoms with E-state index in [1.165, 1.54) is 141 Å². The van der Waals surface area contributed by atoms with Crippen LogP contribution in [0.15, 0.2) is 24.3 Å². The highest BCUT2D eigenvalue weighted by Gasteiger charge is 2.44. The molecule has 6 atom stereocenters. The first-order valence-electron chi connectivity index (χ1n) is 22.9. The second kappa shape index (κ2) is 38.2. The molecule has 324 valence electrons. The highest BCUT2D eigenvalue weighted by Crippen LogP contribution is 2.22. The van der Waals surface area contributed by atoms with Crippen molar-refractivity contribution in [2.75, 3.05) is 26.4 Å². The Morgan fingerprint density at radius 1 is 0.582 bits per heavy atom. The summed E-state index contributed by atoms with van der Waals surface area (Å²) >= 11 is 0. The van der Waals surface area contributed by atoms with E-state index in [9.17, 15) is 25.2 Å². The minimum Gasteiger partial charge on any atom is -0.457 e. The number of rotatable bonds is 39. The summed E-state index contributed by atoms with van der Waals surface area (Å²) in [6.45, 7) is 4.56. The Morgan fingerprint density at radius 3 is 1.56 bits per heavy atom. The maximum absolute atomic E-state index is 12.8. The molecule has 0 amide bonds. The summed E-state index contributed by atoms with van der Waals surface area (Å²) in [5.41, 5.74) is 0. The van der Waals surface area contributed by atoms with E-state index in [0.717, 1.165) is 38.5 Å². The number of hydrogen-bond donors (Lipinski definition) is 4. The van der Waals surface area contributed by atoms with Crippen LogP contribution in [0.4, 0.5) is 0 Å². The molecule has 9 nitrogen and oxygen atoms in total. The van der Waals surface area contributed by atoms with Crippen LogP contribution >= 0.6 is 0 Å². The summed E-state index contributed by atoms with van der Waals surface area (Å²) in [6.07, 6.45) is 36.3. The molecule has 4 N–H and O–H groups in total. The van der Waals surface area contributed by atoms with Gasteiger partial charge in [0.05, 0.1) is 19.8 Å². The van der Waals surface area contributed by atoms with Gasteiger partial charge in [-0.3, -0.25) is 4.79 Å². The number of esters is 1. The lowest BCUT2D eigenvalue weighted by Gasteiger charge is -2.39. The Bertz CT molecular complexity index is 895. The van der Waals surface area contributed by atoms with Crippen LogP contribution in [0.5, 0.6) is 0 Å². The Morgan fingerprint density at radius 2 is 1.05 bits per heavy atom. The predicted molar refractivity (Wildman–Crippen MR) is 224 cm³/mol. The number of allylic oxidation sites excluding steroid dienone is 4. The van der Waals surface area contributed by atoms with E-state index in [2.05, 4.69) is 38.2 Å². The quantitative estimate of drug-likeness (QED) is 0.0273. The third-order valence-corrected chi connectivity index (χ3v) is 10.6. The molecule has 0 aromatic heterocycles. The lowest BCUT2D eigenvalue weighted by Crippen LogP contribution is -2.59. The normalized spacial score (nSPS) is 20.9. The van der Waals surface area contributed by atoms with E-state index in [1.807, 2.05) is 0 Å². The lowest BCUT2D eigenvalue weighted by atomic mass is 9.99. The number of aliphatic hydroxyl groups is 4. The zero-order valence-corrected chi connectivity index (χ0v) is 35.4. The van der Waals surface area contributed by atoms with Gasteiger partial charge >= 0.3 is 5.97 Å². The highest BCUT2D eigenvalue weighted by atomic mass is 16.7. The van der Waals surface area contributed by atoms with Gasteiger partial charge in [-0.15, -0.1) is 0 Å². The second-order valence-corrected chi connectivity index (χ2v) is 15.9. The fourth-order valence-corrected chi connectivity index (χ4v) is 6.99. The monoisotopic (exact) mass is 783 g/mol. The van der Waals surface area contributed by atoms with Gasteiger partial charge in [-0.05, 0) is 44.9 Å². The van der Waals surface area contributed by atoms with E-state index in [-0.39, 0.29) is 19.2 Å². The topological polar surface area (TPSA) is 135 Å². The third-order valence-electron chi connectivity index (χ3n) is 10.6. The van der Waals surface area contributed by atoms with Gasteiger partial charge in [0.25, 0.3) is 0 Å². The van der Waals surface area contributed by atoms with Crippen molar-refractivity contribution in [3.63, 3.8) is 0 Å². The van der Waals surface area contributed by atoms with E-state index < -0.39 is 43.4 Å². The molecule has 0 aromatic carbocycles. The summed E-state index contributed by atoms with van der Waals surface area (Å²) in [5.74, 6) is -0.316. The van der Waals surface area contributed by atoms with Crippen LogP contribution in [-0.4, -0.2) is 89.6 Å². The van der Waals surface area contributed by atoms with Crippen LogP contribution in [-0.2, 0) is 23.7 Å². The summed E-state index contributed by atoms with van der Waals surface area (Å²) in [6, 6.07) is 0. The molecule has 1 heterocycles. The van der Waals surface area contributed by atoms with Crippen molar-refractivity contribution in [3.05, 3.63) is 24.3 Å². The zero-order chi connectivity index (χ0) is 40.0. The standard InChI is InChI=1S/C46H86O9/c1-3-5-7-9-11-13-15-16-17-18-19-20-21-22-23-24-25-27-29-31-33-35-42(48)54-40(39-53-46-45(51)44(50)43(49)41(37-47)55-46)38-52-36-34-32-30-28-26-14-12-10-8-6-4-2/h15-16,18-19,40-41,43-47,49-51H,3-14,17,20-39H2,1-2H3/b16-15-,19-18-. The number of ether oxygens (including phenoxy) is 4. The van der Waals surface area contributed by atoms with Crippen LogP contribution < -0.4 is 0 Å². The van der Waals surface area contributed by atoms with Gasteiger partial charge in [-0.1, -0.05) is 173 Å². The first-order valence-corrected chi connectivity index (χ1v) is 22.9. The van der Waals surface area contributed by atoms with Crippen molar-refractivity contribution in [1.29, 1.82) is 0 Å². The summed E-state index contributed by atoms with van der Waals surface area (Å²) in [5, 5.41) is 40.1. The SMILES string of the molecule is CCCCCCC/C=C\C/C=C\CCCCCCCCCCCC(=O)OC(COCCCCCCCCCCCCC)COC1OC(CO)C(O)C(O)C1O. The first kappa shape index (κ1) is 51.7. The van der Waals surface area contributed by atoms with Crippen LogP contribution in [0.25, 0.3) is 0 Å². The van der Waals surface area contributed by atoms with Gasteiger partial charge in [0.1, 0.15) is 30.5 Å². The molecule has 0 aromatic rings. The number of hydrogen-bond acceptors (Lipinski definition) is 9. The largest absolute Gasteiger partial charge is 0.457 e. The molecule has 1 rings (SSSR count). The maximum Gasteiger partial charge on any atom is 0.306 e. The molecular formula is C46H86O9. The molecule has 9 heteroatoms. The van der Waals surface area contributed by atoms with Crippen LogP contribution in [0.1, 0.15) is 200 Å². The molecular weight excluding hydrogens is 696 g/mol. The lowest BCUT2D eigenvalue weighted by molar-refractivity contribution is -0.305. The number of carbonyl (C=O) groups excluding carboxylic acids is 1. The van der Waals surface area contributed by atoms with E-state index >= 15 is 0 Å². The van der Waals surface area contributed by atoms with Crippen molar-refractivity contribution in [1.82, 2.24) is 0 Å². The Hall–Kier alpha value is -1.33. The van der Waals surface area contributed by atoms with E-state index in [4.69, 9.17) is 18.9 Å². The Balaban J connectivity index is 2.22. The second-order valence-electron chi connectivity index (χ2n) is 15.9. The molecule has 0 saturated carbocycles. The van der Waals surface area contributed by atoms with E-state index in [1.54, 1.807) is 0 Å². The van der Waals surface area contributed by atoms with Crippen molar-refractivity contribution >= 4 is 5.97 Å². The number of unbranched alkanes of at least 4 members (excludes halogenated alkanes) is 24. The van der Waals surface area contributed by atoms with Gasteiger partial charge in [-0.25, -0.2) is 0 Å². The fourth-order valence-electron chi connectivity index (χ4n) is 6.99. The van der Waals surface area contributed by atoms with Crippen LogP contribution in [0.2, 0.25) is 0 Å². The summed E-state index contributed by atoms with van der Waals surface area (Å²) in [4.78, 5) is 12.8. The summed E-state index contributed by atoms with van der Waals surface area (Å²) < 4.78 is 22.8. The van der Waals surface area contributed by atoms with Crippen molar-refractivity contribution in [2.45, 2.75) is 237 Å². The Labute approximate surface area is 337 Å². The van der Waals surface area contributed by atoms with Gasteiger partial charge in [0.2, 0.25) is 0 Å². The fraction of sp³-hybridized carbons (Fsp3) is 0.891. The molecule has 1 aliphatic heterocycles. The minimum atomic E-state index is -1.53. The molecule has 0 spiro atoms. The average molecular weight is 783 g/mol. The van der Waals surface area contributed by atoms with Gasteiger partial charge < -0.3 is 39.4 Å². The molecule has 6 unspecified atom stereocenters. The van der Waals surface area contributed by atoms with Crippen LogP contribution in [0, 0.1) is 0 Å². The van der Waals surface area contributed by atoms with Crippen molar-refractivity contribution in [2.24, 2.45) is 0 Å². The van der Waals surface area contributed by atoms with E-state index in [0.29, 0.717) is 13.0 Å². The molecule has 55 heavy (non-hydrogen) atoms. The third kappa shape index (κ3) is 29.5. The number of aliphatic hydroxyl groups excluding tert-OH is 4. The molecule has 0 aliphatic carbocycles. The molecule has 1 aliphatic rings. The van der Waals surface area contributed by atoms with Crippen molar-refractivity contribution < 1.29 is 44.2 Å². The van der Waals surface area contributed by atoms with Crippen molar-refractivity contribution in [3.8, 4) is 0 Å². The smallest absolute Gasteiger partial charge is 0.306 e. The first-order chi connectivity index (χ1) is 26.9. The summed E-state index contributed by atoms with van der Waals surface area (Å²) in [7, 11) is 0. The number of carbonyl (C=O) groups is 1.